The number of nitrogens with zero attached hydrogens (tertiary/aromatic N) is 4. The van der Waals surface area contributed by atoms with Crippen molar-refractivity contribution in [3.8, 4) is 0 Å². The fraction of sp³-hybridized carbons (Fsp3) is 0.864. The smallest absolute Gasteiger partial charge is 0.303 e. The maximum Gasteiger partial charge on any atom is 0.303 e. The molecule has 0 unspecified atom stereocenters. The Morgan fingerprint density at radius 1 is 1.00 bits per heavy atom. The largest absolute Gasteiger partial charge is 0.457 e. The fourth-order valence-corrected chi connectivity index (χ4v) is 3.96. The highest BCUT2D eigenvalue weighted by Gasteiger charge is 2.48. The summed E-state index contributed by atoms with van der Waals surface area (Å²) in [7, 11) is 0. The van der Waals surface area contributed by atoms with E-state index in [0.29, 0.717) is 52.6 Å². The number of hydrogen-bond donors (Lipinski definition) is 5. The van der Waals surface area contributed by atoms with Gasteiger partial charge in [-0.25, -0.2) is 0 Å². The molecule has 16 heteroatoms. The molecule has 0 spiro atoms. The lowest BCUT2D eigenvalue weighted by atomic mass is 9.99. The number of carbonyl (C=O) groups excluding carboxylic acids is 1. The lowest BCUT2D eigenvalue weighted by Crippen LogP contribution is -2.61. The zero-order chi connectivity index (χ0) is 27.5. The minimum atomic E-state index is -1.66. The number of ether oxygens (including phenoxy) is 6. The lowest BCUT2D eigenvalue weighted by Gasteiger charge is -2.42. The molecule has 0 radical (unpaired) electrons. The van der Waals surface area contributed by atoms with Crippen molar-refractivity contribution < 1.29 is 58.7 Å². The summed E-state index contributed by atoms with van der Waals surface area (Å²) in [5.41, 5.74) is 0. The average Bonchev–Trinajstić information content (AvgIpc) is 2.93. The molecule has 8 atom stereocenters. The molecular formula is C22H38N4O12. The number of esters is 1. The van der Waals surface area contributed by atoms with Crippen molar-refractivity contribution in [2.24, 2.45) is 10.2 Å². The molecule has 16 nitrogen and oxygen atoms in total. The highest BCUT2D eigenvalue weighted by molar-refractivity contribution is 5.66. The average molecular weight is 551 g/mol. The second kappa shape index (κ2) is 15.6. The Bertz CT molecular complexity index is 765. The molecule has 0 aliphatic carbocycles. The molecule has 3 saturated heterocycles. The quantitative estimate of drug-likeness (QED) is 0.0895. The molecule has 0 saturated carbocycles. The van der Waals surface area contributed by atoms with Gasteiger partial charge in [0, 0.05) is 6.92 Å². The van der Waals surface area contributed by atoms with E-state index >= 15 is 0 Å². The zero-order valence-electron chi connectivity index (χ0n) is 21.2. The predicted molar refractivity (Wildman–Crippen MR) is 128 cm³/mol. The van der Waals surface area contributed by atoms with Gasteiger partial charge >= 0.3 is 5.97 Å². The molecule has 5 N–H and O–H groups in total. The second-order valence-electron chi connectivity index (χ2n) is 8.79. The van der Waals surface area contributed by atoms with Gasteiger partial charge in [-0.15, -0.1) is 0 Å². The molecule has 218 valence electrons. The summed E-state index contributed by atoms with van der Waals surface area (Å²) in [6.45, 7) is 3.83. The van der Waals surface area contributed by atoms with Crippen LogP contribution in [0.3, 0.4) is 0 Å². The molecule has 3 aliphatic rings. The third-order valence-electron chi connectivity index (χ3n) is 5.99. The first kappa shape index (κ1) is 30.6. The van der Waals surface area contributed by atoms with Crippen molar-refractivity contribution in [1.29, 1.82) is 0 Å². The van der Waals surface area contributed by atoms with Crippen LogP contribution < -0.4 is 0 Å². The maximum absolute atomic E-state index is 11.5. The molecule has 0 aromatic carbocycles. The normalized spacial score (nSPS) is 31.5. The van der Waals surface area contributed by atoms with E-state index in [1.165, 1.54) is 6.21 Å². The van der Waals surface area contributed by atoms with Crippen molar-refractivity contribution in [2.45, 2.75) is 56.1 Å². The minimum Gasteiger partial charge on any atom is -0.457 e. The molecule has 38 heavy (non-hydrogen) atoms. The molecule has 3 aliphatic heterocycles. The monoisotopic (exact) mass is 550 g/mol. The lowest BCUT2D eigenvalue weighted by molar-refractivity contribution is -0.315. The van der Waals surface area contributed by atoms with Crippen LogP contribution in [0.15, 0.2) is 10.2 Å². The van der Waals surface area contributed by atoms with Crippen molar-refractivity contribution in [2.75, 3.05) is 65.8 Å². The van der Waals surface area contributed by atoms with E-state index in [1.54, 1.807) is 10.0 Å². The summed E-state index contributed by atoms with van der Waals surface area (Å²) >= 11 is 0. The van der Waals surface area contributed by atoms with Gasteiger partial charge in [-0.05, 0) is 0 Å². The standard InChI is InChI=1S/C22H38N4O12/c1-14(29)35-21-19(31)17(13-28)38-22(20(21)32)37-15(10-23-25-2-6-33-7-3-25)16(12-27)36-18(30)11-24-26-4-8-34-9-5-26/h10-11,15-22,27-28,30-32H,2-9,12-13H2,1H3/b23-10+,24-11-/t15-,16-,17+,18-,19-,20+,21-,22+/m0/s1. The third-order valence-corrected chi connectivity index (χ3v) is 5.99. The summed E-state index contributed by atoms with van der Waals surface area (Å²) in [5, 5.41) is 63.1. The number of aliphatic hydroxyl groups is 5. The van der Waals surface area contributed by atoms with Gasteiger partial charge in [0.2, 0.25) is 0 Å². The summed E-state index contributed by atoms with van der Waals surface area (Å²) < 4.78 is 32.5. The Kier molecular flexibility index (Phi) is 12.5. The number of aliphatic hydroxyl groups excluding tert-OH is 5. The van der Waals surface area contributed by atoms with Gasteiger partial charge in [-0.1, -0.05) is 0 Å². The number of carbonyl (C=O) groups is 1. The van der Waals surface area contributed by atoms with E-state index in [0.717, 1.165) is 13.1 Å². The fourth-order valence-electron chi connectivity index (χ4n) is 3.96. The van der Waals surface area contributed by atoms with Crippen LogP contribution in [0, 0.1) is 0 Å². The van der Waals surface area contributed by atoms with Crippen LogP contribution in [-0.2, 0) is 33.2 Å². The molecule has 0 amide bonds. The first-order valence-corrected chi connectivity index (χ1v) is 12.5. The second-order valence-corrected chi connectivity index (χ2v) is 8.79. The van der Waals surface area contributed by atoms with Gasteiger partial charge in [-0.2, -0.15) is 10.2 Å². The maximum atomic E-state index is 11.5. The van der Waals surface area contributed by atoms with Crippen LogP contribution in [-0.4, -0.2) is 169 Å². The van der Waals surface area contributed by atoms with E-state index in [4.69, 9.17) is 28.4 Å². The van der Waals surface area contributed by atoms with Gasteiger partial charge in [0.05, 0.1) is 78.2 Å². The van der Waals surface area contributed by atoms with E-state index in [1.807, 2.05) is 0 Å². The molecule has 3 fully saturated rings. The summed E-state index contributed by atoms with van der Waals surface area (Å²) in [4.78, 5) is 11.5. The van der Waals surface area contributed by atoms with Gasteiger partial charge < -0.3 is 54.0 Å². The highest BCUT2D eigenvalue weighted by atomic mass is 16.7. The first-order valence-electron chi connectivity index (χ1n) is 12.5. The molecule has 3 rings (SSSR count). The Morgan fingerprint density at radius 2 is 1.58 bits per heavy atom. The summed E-state index contributed by atoms with van der Waals surface area (Å²) in [6, 6.07) is 0. The van der Waals surface area contributed by atoms with E-state index in [-0.39, 0.29) is 0 Å². The Labute approximate surface area is 219 Å². The van der Waals surface area contributed by atoms with E-state index in [9.17, 15) is 30.3 Å². The number of hydrogen-bond acceptors (Lipinski definition) is 16. The van der Waals surface area contributed by atoms with Crippen LogP contribution in [0.4, 0.5) is 0 Å². The molecular weight excluding hydrogens is 512 g/mol. The number of morpholine rings is 2. The number of rotatable bonds is 12. The molecule has 0 bridgehead atoms. The van der Waals surface area contributed by atoms with Gasteiger partial charge in [0.1, 0.15) is 30.5 Å². The summed E-state index contributed by atoms with van der Waals surface area (Å²) in [6.07, 6.45) is -8.91. The van der Waals surface area contributed by atoms with Crippen LogP contribution in [0.25, 0.3) is 0 Å². The third kappa shape index (κ3) is 9.04. The van der Waals surface area contributed by atoms with Crippen molar-refractivity contribution in [1.82, 2.24) is 10.0 Å². The zero-order valence-corrected chi connectivity index (χ0v) is 21.2. The summed E-state index contributed by atoms with van der Waals surface area (Å²) in [5.74, 6) is -0.768. The Balaban J connectivity index is 1.75. The Morgan fingerprint density at radius 3 is 2.11 bits per heavy atom. The van der Waals surface area contributed by atoms with Crippen molar-refractivity contribution in [3.63, 3.8) is 0 Å². The number of hydrazone groups is 2. The minimum absolute atomic E-state index is 0.462. The van der Waals surface area contributed by atoms with Crippen LogP contribution in [0.5, 0.6) is 0 Å². The molecule has 3 heterocycles. The van der Waals surface area contributed by atoms with E-state index in [2.05, 4.69) is 10.2 Å². The van der Waals surface area contributed by atoms with Crippen LogP contribution >= 0.6 is 0 Å². The topological polar surface area (TPSA) is 205 Å². The molecule has 0 aromatic heterocycles. The van der Waals surface area contributed by atoms with Crippen LogP contribution in [0.2, 0.25) is 0 Å². The Hall–Kier alpha value is -1.99. The van der Waals surface area contributed by atoms with Crippen molar-refractivity contribution >= 4 is 18.4 Å². The predicted octanol–water partition coefficient (Wildman–Crippen LogP) is -3.93. The van der Waals surface area contributed by atoms with Gasteiger partial charge in [0.25, 0.3) is 0 Å². The van der Waals surface area contributed by atoms with Crippen LogP contribution in [0.1, 0.15) is 6.92 Å². The van der Waals surface area contributed by atoms with Gasteiger partial charge in [0.15, 0.2) is 18.7 Å². The molecule has 0 aromatic rings. The highest BCUT2D eigenvalue weighted by Crippen LogP contribution is 2.26. The van der Waals surface area contributed by atoms with Crippen molar-refractivity contribution in [3.05, 3.63) is 0 Å². The first-order chi connectivity index (χ1) is 18.3. The van der Waals surface area contributed by atoms with Gasteiger partial charge in [-0.3, -0.25) is 14.8 Å². The SMILES string of the molecule is CC(=O)O[C@H]1[C@@H](O)[C@@H](CO)O[C@@H](O[C@@H](/C=N/N2CCOCC2)[C@H](CO)O[C@H](O)/C=N\N2CCOCC2)[C@@H]1O. The van der Waals surface area contributed by atoms with E-state index < -0.39 is 68.4 Å².